The fraction of sp³-hybridized carbons (Fsp3) is 0.375. The lowest BCUT2D eigenvalue weighted by atomic mass is 10.0. The van der Waals surface area contributed by atoms with Crippen molar-refractivity contribution in [3.63, 3.8) is 0 Å². The van der Waals surface area contributed by atoms with Crippen LogP contribution in [0.5, 0.6) is 0 Å². The first-order valence-electron chi connectivity index (χ1n) is 13.3. The number of carbonyl (C=O) groups excluding carboxylic acids is 2. The summed E-state index contributed by atoms with van der Waals surface area (Å²) in [6.07, 6.45) is 4.83. The number of thioether (sulfide) groups is 1. The normalized spacial score (nSPS) is 14.3. The van der Waals surface area contributed by atoms with Gasteiger partial charge in [0.15, 0.2) is 0 Å². The Kier molecular flexibility index (Phi) is 9.84. The second kappa shape index (κ2) is 13.5. The molecule has 37 heavy (non-hydrogen) atoms. The molecule has 0 heterocycles. The molecule has 3 aromatic carbocycles. The molecule has 1 saturated carbocycles. The lowest BCUT2D eigenvalue weighted by Gasteiger charge is -2.32. The van der Waals surface area contributed by atoms with E-state index in [2.05, 4.69) is 37.4 Å². The van der Waals surface area contributed by atoms with Crippen molar-refractivity contribution in [1.82, 2.24) is 10.2 Å². The number of aryl methyl sites for hydroxylation is 2. The van der Waals surface area contributed by atoms with Crippen molar-refractivity contribution in [2.24, 2.45) is 0 Å². The van der Waals surface area contributed by atoms with Crippen LogP contribution >= 0.6 is 11.8 Å². The van der Waals surface area contributed by atoms with Crippen molar-refractivity contribution < 1.29 is 9.59 Å². The van der Waals surface area contributed by atoms with Crippen molar-refractivity contribution in [2.45, 2.75) is 70.3 Å². The molecule has 0 aromatic heterocycles. The first-order chi connectivity index (χ1) is 18.0. The van der Waals surface area contributed by atoms with Gasteiger partial charge in [0.25, 0.3) is 0 Å². The van der Waals surface area contributed by atoms with E-state index in [0.29, 0.717) is 18.7 Å². The van der Waals surface area contributed by atoms with E-state index in [1.54, 1.807) is 16.7 Å². The number of nitrogens with zero attached hydrogens (tertiary/aromatic N) is 1. The van der Waals surface area contributed by atoms with Gasteiger partial charge in [-0.3, -0.25) is 9.59 Å². The van der Waals surface area contributed by atoms with Crippen molar-refractivity contribution in [3.8, 4) is 0 Å². The summed E-state index contributed by atoms with van der Waals surface area (Å²) in [5.74, 6) is 1.06. The number of nitrogens with one attached hydrogen (secondary N) is 1. The Morgan fingerprint density at radius 1 is 0.865 bits per heavy atom. The maximum atomic E-state index is 13.8. The van der Waals surface area contributed by atoms with Crippen molar-refractivity contribution in [2.75, 3.05) is 5.75 Å². The summed E-state index contributed by atoms with van der Waals surface area (Å²) in [5.41, 5.74) is 5.78. The monoisotopic (exact) mass is 514 g/mol. The second-order valence-electron chi connectivity index (χ2n) is 10.2. The minimum Gasteiger partial charge on any atom is -0.352 e. The first kappa shape index (κ1) is 27.0. The molecule has 1 aliphatic rings. The third kappa shape index (κ3) is 8.22. The Morgan fingerprint density at radius 3 is 2.08 bits per heavy atom. The second-order valence-corrected chi connectivity index (χ2v) is 11.2. The lowest BCUT2D eigenvalue weighted by Crippen LogP contribution is -2.52. The van der Waals surface area contributed by atoms with Crippen LogP contribution in [0.15, 0.2) is 78.9 Å². The number of hydrogen-bond donors (Lipinski definition) is 1. The van der Waals surface area contributed by atoms with Crippen LogP contribution in [0.4, 0.5) is 0 Å². The fourth-order valence-corrected chi connectivity index (χ4v) is 6.04. The molecular weight excluding hydrogens is 476 g/mol. The lowest BCUT2D eigenvalue weighted by molar-refractivity contribution is -0.139. The van der Waals surface area contributed by atoms with Gasteiger partial charge < -0.3 is 10.2 Å². The quantitative estimate of drug-likeness (QED) is 0.330. The maximum absolute atomic E-state index is 13.8. The number of rotatable bonds is 11. The summed E-state index contributed by atoms with van der Waals surface area (Å²) < 4.78 is 0. The molecule has 0 unspecified atom stereocenters. The van der Waals surface area contributed by atoms with Gasteiger partial charge in [-0.1, -0.05) is 103 Å². The Hall–Kier alpha value is -3.05. The van der Waals surface area contributed by atoms with E-state index in [1.807, 2.05) is 60.7 Å². The van der Waals surface area contributed by atoms with Crippen LogP contribution in [0.2, 0.25) is 0 Å². The summed E-state index contributed by atoms with van der Waals surface area (Å²) in [4.78, 5) is 29.3. The molecule has 194 valence electrons. The van der Waals surface area contributed by atoms with E-state index >= 15 is 0 Å². The van der Waals surface area contributed by atoms with Crippen LogP contribution in [0.1, 0.15) is 53.5 Å². The maximum Gasteiger partial charge on any atom is 0.243 e. The molecule has 2 amide bonds. The summed E-state index contributed by atoms with van der Waals surface area (Å²) in [5, 5.41) is 3.28. The van der Waals surface area contributed by atoms with Gasteiger partial charge in [0.2, 0.25) is 11.8 Å². The molecule has 0 radical (unpaired) electrons. The molecule has 3 aromatic rings. The predicted octanol–water partition coefficient (Wildman–Crippen LogP) is 6.24. The third-order valence-corrected chi connectivity index (χ3v) is 7.93. The molecule has 0 aliphatic heterocycles. The smallest absolute Gasteiger partial charge is 0.243 e. The molecule has 1 atom stereocenters. The van der Waals surface area contributed by atoms with Gasteiger partial charge in [0.05, 0.1) is 5.75 Å². The van der Waals surface area contributed by atoms with Crippen molar-refractivity contribution in [3.05, 3.63) is 107 Å². The Balaban J connectivity index is 1.54. The summed E-state index contributed by atoms with van der Waals surface area (Å²) in [6, 6.07) is 26.2. The molecule has 4 nitrogen and oxygen atoms in total. The number of carbonyl (C=O) groups is 2. The topological polar surface area (TPSA) is 49.4 Å². The van der Waals surface area contributed by atoms with Crippen LogP contribution in [0, 0.1) is 13.8 Å². The zero-order valence-corrected chi connectivity index (χ0v) is 22.8. The first-order valence-corrected chi connectivity index (χ1v) is 14.5. The zero-order valence-electron chi connectivity index (χ0n) is 22.0. The zero-order chi connectivity index (χ0) is 26.0. The third-order valence-electron chi connectivity index (χ3n) is 6.94. The highest BCUT2D eigenvalue weighted by atomic mass is 32.2. The summed E-state index contributed by atoms with van der Waals surface area (Å²) >= 11 is 1.62. The van der Waals surface area contributed by atoms with Crippen LogP contribution in [-0.4, -0.2) is 34.6 Å². The molecular formula is C32H38N2O2S. The molecule has 1 aliphatic carbocycles. The Morgan fingerprint density at radius 2 is 1.46 bits per heavy atom. The van der Waals surface area contributed by atoms with Crippen molar-refractivity contribution >= 4 is 23.6 Å². The van der Waals surface area contributed by atoms with Crippen LogP contribution in [0.3, 0.4) is 0 Å². The molecule has 4 rings (SSSR count). The molecule has 1 fully saturated rings. The van der Waals surface area contributed by atoms with Gasteiger partial charge in [-0.15, -0.1) is 11.8 Å². The average Bonchev–Trinajstić information content (AvgIpc) is 3.40. The molecule has 5 heteroatoms. The SMILES string of the molecule is Cc1cc(C)cc(CSCC(=O)N(Cc2ccccc2)[C@H](Cc2ccccc2)C(=O)NC2CCCC2)c1. The van der Waals surface area contributed by atoms with Gasteiger partial charge in [-0.25, -0.2) is 0 Å². The van der Waals surface area contributed by atoms with Crippen LogP contribution in [0.25, 0.3) is 0 Å². The highest BCUT2D eigenvalue weighted by molar-refractivity contribution is 7.99. The van der Waals surface area contributed by atoms with E-state index in [9.17, 15) is 9.59 Å². The largest absolute Gasteiger partial charge is 0.352 e. The summed E-state index contributed by atoms with van der Waals surface area (Å²) in [6.45, 7) is 4.62. The van der Waals surface area contributed by atoms with Gasteiger partial charge in [-0.05, 0) is 43.4 Å². The molecule has 0 bridgehead atoms. The van der Waals surface area contributed by atoms with Gasteiger partial charge in [0.1, 0.15) is 6.04 Å². The van der Waals surface area contributed by atoms with E-state index in [-0.39, 0.29) is 17.9 Å². The van der Waals surface area contributed by atoms with E-state index in [1.165, 1.54) is 16.7 Å². The van der Waals surface area contributed by atoms with Gasteiger partial charge >= 0.3 is 0 Å². The minimum atomic E-state index is -0.558. The number of amides is 2. The van der Waals surface area contributed by atoms with Crippen LogP contribution < -0.4 is 5.32 Å². The van der Waals surface area contributed by atoms with Gasteiger partial charge in [0, 0.05) is 24.8 Å². The molecule has 0 spiro atoms. The van der Waals surface area contributed by atoms with Gasteiger partial charge in [-0.2, -0.15) is 0 Å². The highest BCUT2D eigenvalue weighted by Crippen LogP contribution is 2.22. The molecule has 0 saturated heterocycles. The number of benzene rings is 3. The van der Waals surface area contributed by atoms with E-state index in [4.69, 9.17) is 0 Å². The van der Waals surface area contributed by atoms with Crippen LogP contribution in [-0.2, 0) is 28.3 Å². The van der Waals surface area contributed by atoms with Crippen molar-refractivity contribution in [1.29, 1.82) is 0 Å². The Labute approximate surface area is 225 Å². The van der Waals surface area contributed by atoms with E-state index in [0.717, 1.165) is 42.6 Å². The Bertz CT molecular complexity index is 1140. The standard InChI is InChI=1S/C32H38N2O2S/c1-24-17-25(2)19-28(18-24)22-37-23-31(35)34(21-27-13-7-4-8-14-27)30(20-26-11-5-3-6-12-26)32(36)33-29-15-9-10-16-29/h3-8,11-14,17-19,29-30H,9-10,15-16,20-23H2,1-2H3,(H,33,36)/t30-/m1/s1. The summed E-state index contributed by atoms with van der Waals surface area (Å²) in [7, 11) is 0. The highest BCUT2D eigenvalue weighted by Gasteiger charge is 2.32. The van der Waals surface area contributed by atoms with E-state index < -0.39 is 6.04 Å². The minimum absolute atomic E-state index is 0.000677. The number of hydrogen-bond acceptors (Lipinski definition) is 3. The molecule has 1 N–H and O–H groups in total. The predicted molar refractivity (Wildman–Crippen MR) is 153 cm³/mol. The average molecular weight is 515 g/mol. The fourth-order valence-electron chi connectivity index (χ4n) is 5.19.